The van der Waals surface area contributed by atoms with E-state index in [-0.39, 0.29) is 23.6 Å². The number of rotatable bonds is 4. The molecule has 1 aromatic rings. The Hall–Kier alpha value is -2.65. The van der Waals surface area contributed by atoms with E-state index in [2.05, 4.69) is 11.0 Å². The highest BCUT2D eigenvalue weighted by Crippen LogP contribution is 2.41. The Kier molecular flexibility index (Phi) is 5.62. The van der Waals surface area contributed by atoms with Crippen molar-refractivity contribution in [1.29, 1.82) is 5.26 Å². The van der Waals surface area contributed by atoms with Gasteiger partial charge in [0.05, 0.1) is 28.8 Å². The van der Waals surface area contributed by atoms with Crippen molar-refractivity contribution in [2.45, 2.75) is 32.6 Å². The second kappa shape index (κ2) is 7.93. The number of anilines is 1. The molecule has 1 saturated heterocycles. The molecule has 3 rings (SSSR count). The molecule has 0 bridgehead atoms. The van der Waals surface area contributed by atoms with Crippen molar-refractivity contribution in [1.82, 2.24) is 0 Å². The molecule has 2 aliphatic heterocycles. The number of allylic oxidation sites excluding steroid dienone is 2. The number of carbonyl (C=O) groups is 1. The molecule has 27 heavy (non-hydrogen) atoms. The van der Waals surface area contributed by atoms with Crippen molar-refractivity contribution in [3.63, 3.8) is 0 Å². The first-order valence-electron chi connectivity index (χ1n) is 8.97. The fourth-order valence-corrected chi connectivity index (χ4v) is 3.91. The summed E-state index contributed by atoms with van der Waals surface area (Å²) in [6.07, 6.45) is 2.29. The Morgan fingerprint density at radius 2 is 2.15 bits per heavy atom. The third kappa shape index (κ3) is 3.60. The minimum atomic E-state index is -0.673. The van der Waals surface area contributed by atoms with Crippen LogP contribution in [0.3, 0.4) is 0 Å². The smallest absolute Gasteiger partial charge is 0.338 e. The summed E-state index contributed by atoms with van der Waals surface area (Å²) in [7, 11) is 0. The highest BCUT2D eigenvalue weighted by molar-refractivity contribution is 6.33. The van der Waals surface area contributed by atoms with Gasteiger partial charge in [0, 0.05) is 13.1 Å². The Morgan fingerprint density at radius 3 is 2.74 bits per heavy atom. The molecule has 1 aromatic carbocycles. The van der Waals surface area contributed by atoms with E-state index < -0.39 is 11.9 Å². The number of nitriles is 1. The zero-order valence-electron chi connectivity index (χ0n) is 15.4. The van der Waals surface area contributed by atoms with Gasteiger partial charge in [-0.2, -0.15) is 5.26 Å². The van der Waals surface area contributed by atoms with E-state index in [1.165, 1.54) is 0 Å². The van der Waals surface area contributed by atoms with Crippen molar-refractivity contribution in [2.24, 2.45) is 5.73 Å². The summed E-state index contributed by atoms with van der Waals surface area (Å²) >= 11 is 6.55. The molecular weight excluding hydrogens is 366 g/mol. The summed E-state index contributed by atoms with van der Waals surface area (Å²) in [4.78, 5) is 14.8. The lowest BCUT2D eigenvalue weighted by atomic mass is 9.83. The van der Waals surface area contributed by atoms with Gasteiger partial charge in [0.15, 0.2) is 0 Å². The maximum atomic E-state index is 12.5. The van der Waals surface area contributed by atoms with Gasteiger partial charge in [-0.15, -0.1) is 0 Å². The van der Waals surface area contributed by atoms with Gasteiger partial charge in [-0.05, 0) is 44.4 Å². The summed E-state index contributed by atoms with van der Waals surface area (Å²) in [5.74, 6) is -0.879. The Balaban J connectivity index is 2.06. The van der Waals surface area contributed by atoms with Crippen LogP contribution in [-0.4, -0.2) is 25.7 Å². The number of nitrogens with zero attached hydrogens (tertiary/aromatic N) is 2. The molecule has 1 atom stereocenters. The van der Waals surface area contributed by atoms with Crippen LogP contribution >= 0.6 is 11.6 Å². The van der Waals surface area contributed by atoms with E-state index in [4.69, 9.17) is 26.8 Å². The van der Waals surface area contributed by atoms with Gasteiger partial charge in [0.2, 0.25) is 5.88 Å². The molecule has 0 aliphatic carbocycles. The van der Waals surface area contributed by atoms with Crippen LogP contribution in [0.5, 0.6) is 0 Å². The lowest BCUT2D eigenvalue weighted by Crippen LogP contribution is -2.25. The SMILES string of the molecule is CCOC(=O)C1=C(C)OC(N)=C(C#N)C1c1ccc(N2CCCC2)c(Cl)c1. The third-order valence-corrected chi connectivity index (χ3v) is 5.16. The summed E-state index contributed by atoms with van der Waals surface area (Å²) in [6.45, 7) is 5.53. The van der Waals surface area contributed by atoms with Crippen LogP contribution in [0, 0.1) is 11.3 Å². The van der Waals surface area contributed by atoms with Crippen LogP contribution in [-0.2, 0) is 14.3 Å². The molecule has 142 valence electrons. The number of benzene rings is 1. The molecule has 2 N–H and O–H groups in total. The molecule has 7 heteroatoms. The van der Waals surface area contributed by atoms with Crippen molar-refractivity contribution in [3.05, 3.63) is 51.6 Å². The van der Waals surface area contributed by atoms with Crippen LogP contribution in [0.1, 0.15) is 38.2 Å². The first-order chi connectivity index (χ1) is 13.0. The Bertz CT molecular complexity index is 864. The summed E-state index contributed by atoms with van der Waals surface area (Å²) < 4.78 is 10.6. The quantitative estimate of drug-likeness (QED) is 0.794. The molecule has 0 radical (unpaired) electrons. The second-order valence-electron chi connectivity index (χ2n) is 6.52. The van der Waals surface area contributed by atoms with Gasteiger partial charge in [0.1, 0.15) is 17.4 Å². The average molecular weight is 388 g/mol. The van der Waals surface area contributed by atoms with E-state index in [1.807, 2.05) is 12.1 Å². The van der Waals surface area contributed by atoms with E-state index in [0.717, 1.165) is 31.6 Å². The standard InChI is InChI=1S/C20H22ClN3O3/c1-3-26-20(25)17-12(2)27-19(23)14(11-22)18(17)13-6-7-16(15(21)10-13)24-8-4-5-9-24/h6-7,10,18H,3-5,8-9,23H2,1-2H3. The number of halogens is 1. The van der Waals surface area contributed by atoms with E-state index in [1.54, 1.807) is 19.9 Å². The van der Waals surface area contributed by atoms with Crippen LogP contribution in [0.2, 0.25) is 5.02 Å². The van der Waals surface area contributed by atoms with Crippen molar-refractivity contribution < 1.29 is 14.3 Å². The van der Waals surface area contributed by atoms with Gasteiger partial charge in [-0.25, -0.2) is 4.79 Å². The van der Waals surface area contributed by atoms with Gasteiger partial charge >= 0.3 is 5.97 Å². The normalized spacial score (nSPS) is 19.8. The van der Waals surface area contributed by atoms with Crippen LogP contribution in [0.4, 0.5) is 5.69 Å². The lowest BCUT2D eigenvalue weighted by molar-refractivity contribution is -0.139. The fraction of sp³-hybridized carbons (Fsp3) is 0.400. The first-order valence-corrected chi connectivity index (χ1v) is 9.35. The van der Waals surface area contributed by atoms with E-state index in [9.17, 15) is 10.1 Å². The van der Waals surface area contributed by atoms with Crippen molar-refractivity contribution >= 4 is 23.3 Å². The zero-order chi connectivity index (χ0) is 19.6. The number of ether oxygens (including phenoxy) is 2. The molecule has 2 heterocycles. The van der Waals surface area contributed by atoms with Gasteiger partial charge in [-0.1, -0.05) is 17.7 Å². The maximum absolute atomic E-state index is 12.5. The van der Waals surface area contributed by atoms with Gasteiger partial charge in [-0.3, -0.25) is 0 Å². The highest BCUT2D eigenvalue weighted by atomic mass is 35.5. The first kappa shape index (κ1) is 19.1. The number of hydrogen-bond acceptors (Lipinski definition) is 6. The number of nitrogens with two attached hydrogens (primary N) is 1. The molecule has 0 saturated carbocycles. The predicted molar refractivity (Wildman–Crippen MR) is 103 cm³/mol. The summed E-state index contributed by atoms with van der Waals surface area (Å²) in [5.41, 5.74) is 8.02. The van der Waals surface area contributed by atoms with Gasteiger partial charge < -0.3 is 20.1 Å². The molecule has 0 amide bonds. The molecule has 2 aliphatic rings. The maximum Gasteiger partial charge on any atom is 0.338 e. The van der Waals surface area contributed by atoms with Crippen molar-refractivity contribution in [2.75, 3.05) is 24.6 Å². The minimum absolute atomic E-state index is 0.00668. The van der Waals surface area contributed by atoms with E-state index >= 15 is 0 Å². The minimum Gasteiger partial charge on any atom is -0.463 e. The van der Waals surface area contributed by atoms with Crippen LogP contribution < -0.4 is 10.6 Å². The second-order valence-corrected chi connectivity index (χ2v) is 6.93. The van der Waals surface area contributed by atoms with Crippen molar-refractivity contribution in [3.8, 4) is 6.07 Å². The monoisotopic (exact) mass is 387 g/mol. The fourth-order valence-electron chi connectivity index (χ4n) is 3.61. The largest absolute Gasteiger partial charge is 0.463 e. The topological polar surface area (TPSA) is 88.6 Å². The summed E-state index contributed by atoms with van der Waals surface area (Å²) in [5, 5.41) is 10.2. The highest BCUT2D eigenvalue weighted by Gasteiger charge is 2.36. The molecule has 1 fully saturated rings. The molecule has 1 unspecified atom stereocenters. The average Bonchev–Trinajstić information content (AvgIpc) is 3.15. The lowest BCUT2D eigenvalue weighted by Gasteiger charge is -2.27. The van der Waals surface area contributed by atoms with Gasteiger partial charge in [0.25, 0.3) is 0 Å². The van der Waals surface area contributed by atoms with Crippen LogP contribution in [0.15, 0.2) is 41.0 Å². The molecular formula is C20H22ClN3O3. The number of esters is 1. The molecule has 6 nitrogen and oxygen atoms in total. The summed E-state index contributed by atoms with van der Waals surface area (Å²) in [6, 6.07) is 7.68. The number of hydrogen-bond donors (Lipinski definition) is 1. The number of carbonyl (C=O) groups excluding carboxylic acids is 1. The van der Waals surface area contributed by atoms with Crippen LogP contribution in [0.25, 0.3) is 0 Å². The predicted octanol–water partition coefficient (Wildman–Crippen LogP) is 3.58. The third-order valence-electron chi connectivity index (χ3n) is 4.85. The molecule has 0 spiro atoms. The Morgan fingerprint density at radius 1 is 1.44 bits per heavy atom. The zero-order valence-corrected chi connectivity index (χ0v) is 16.2. The van der Waals surface area contributed by atoms with E-state index in [0.29, 0.717) is 16.3 Å². The Labute approximate surface area is 163 Å². The molecule has 0 aromatic heterocycles.